The van der Waals surface area contributed by atoms with E-state index in [1.54, 1.807) is 19.1 Å². The number of carbonyl (C=O) groups excluding carboxylic acids is 2. The molecule has 1 aliphatic heterocycles. The van der Waals surface area contributed by atoms with Gasteiger partial charge in [-0.15, -0.1) is 5.11 Å². The second-order valence-electron chi connectivity index (χ2n) is 8.02. The van der Waals surface area contributed by atoms with E-state index in [-0.39, 0.29) is 29.2 Å². The Labute approximate surface area is 187 Å². The number of amides is 2. The summed E-state index contributed by atoms with van der Waals surface area (Å²) in [6, 6.07) is 11.6. The normalized spacial score (nSPS) is 16.3. The average Bonchev–Trinajstić information content (AvgIpc) is 3.52. The summed E-state index contributed by atoms with van der Waals surface area (Å²) in [7, 11) is 0. The number of nitrogens with zero attached hydrogens (tertiary/aromatic N) is 3. The van der Waals surface area contributed by atoms with Gasteiger partial charge in [0, 0.05) is 33.9 Å². The third-order valence-corrected chi connectivity index (χ3v) is 5.94. The fraction of sp³-hybridized carbons (Fsp3) is 0.250. The third kappa shape index (κ3) is 3.66. The van der Waals surface area contributed by atoms with Gasteiger partial charge in [-0.25, -0.2) is 0 Å². The summed E-state index contributed by atoms with van der Waals surface area (Å²) in [6.45, 7) is 2.70. The molecule has 1 unspecified atom stereocenters. The van der Waals surface area contributed by atoms with E-state index < -0.39 is 11.8 Å². The van der Waals surface area contributed by atoms with Crippen LogP contribution in [0.2, 0.25) is 0 Å². The van der Waals surface area contributed by atoms with Crippen LogP contribution in [0.25, 0.3) is 21.7 Å². The fourth-order valence-electron chi connectivity index (χ4n) is 4.19. The zero-order valence-corrected chi connectivity index (χ0v) is 17.8. The van der Waals surface area contributed by atoms with Gasteiger partial charge in [0.15, 0.2) is 5.76 Å². The average molecular weight is 447 g/mol. The lowest BCUT2D eigenvalue weighted by Crippen LogP contribution is -2.14. The highest BCUT2D eigenvalue weighted by Crippen LogP contribution is 2.37. The van der Waals surface area contributed by atoms with Crippen molar-refractivity contribution in [2.45, 2.75) is 32.4 Å². The van der Waals surface area contributed by atoms with E-state index in [0.29, 0.717) is 35.1 Å². The van der Waals surface area contributed by atoms with Gasteiger partial charge < -0.3 is 19.4 Å². The van der Waals surface area contributed by atoms with Crippen molar-refractivity contribution in [2.24, 2.45) is 10.2 Å². The minimum Gasteiger partial charge on any atom is -0.494 e. The number of furan rings is 1. The van der Waals surface area contributed by atoms with Crippen molar-refractivity contribution < 1.29 is 29.0 Å². The van der Waals surface area contributed by atoms with Crippen molar-refractivity contribution in [3.05, 3.63) is 59.4 Å². The minimum absolute atomic E-state index is 0.0250. The summed E-state index contributed by atoms with van der Waals surface area (Å²) in [5, 5.41) is 29.7. The van der Waals surface area contributed by atoms with Crippen molar-refractivity contribution in [2.75, 3.05) is 6.61 Å². The van der Waals surface area contributed by atoms with Gasteiger partial charge in [-0.1, -0.05) is 23.3 Å². The molecule has 33 heavy (non-hydrogen) atoms. The zero-order chi connectivity index (χ0) is 23.1. The van der Waals surface area contributed by atoms with Crippen molar-refractivity contribution in [3.8, 4) is 11.8 Å². The van der Waals surface area contributed by atoms with E-state index >= 15 is 0 Å². The highest BCUT2D eigenvalue weighted by Gasteiger charge is 2.23. The predicted octanol–water partition coefficient (Wildman–Crippen LogP) is 4.72. The summed E-state index contributed by atoms with van der Waals surface area (Å²) in [4.78, 5) is 25.0. The molecule has 4 aromatic rings. The molecular weight excluding hydrogens is 426 g/mol. The van der Waals surface area contributed by atoms with E-state index in [2.05, 4.69) is 10.2 Å². The number of azo groups is 1. The molecule has 1 fully saturated rings. The van der Waals surface area contributed by atoms with Gasteiger partial charge in [-0.3, -0.25) is 14.2 Å². The maximum absolute atomic E-state index is 12.5. The number of benzene rings is 2. The Bertz CT molecular complexity index is 1430. The highest BCUT2D eigenvalue weighted by molar-refractivity contribution is 6.03. The fourth-order valence-corrected chi connectivity index (χ4v) is 4.19. The Morgan fingerprint density at radius 1 is 1.03 bits per heavy atom. The van der Waals surface area contributed by atoms with Gasteiger partial charge in [0.1, 0.15) is 5.58 Å². The number of aromatic nitrogens is 1. The van der Waals surface area contributed by atoms with Crippen molar-refractivity contribution in [1.29, 1.82) is 0 Å². The van der Waals surface area contributed by atoms with Crippen LogP contribution in [-0.2, 0) is 11.3 Å². The maximum Gasteiger partial charge on any atom is 0.331 e. The molecule has 2 aromatic heterocycles. The van der Waals surface area contributed by atoms with Crippen LogP contribution < -0.4 is 0 Å². The third-order valence-electron chi connectivity index (χ3n) is 5.94. The topological polar surface area (TPSA) is 127 Å². The van der Waals surface area contributed by atoms with E-state index in [1.165, 1.54) is 22.8 Å². The molecule has 0 spiro atoms. The lowest BCUT2D eigenvalue weighted by Gasteiger charge is -2.12. The first-order valence-corrected chi connectivity index (χ1v) is 10.6. The number of ether oxygens (including phenoxy) is 1. The lowest BCUT2D eigenvalue weighted by atomic mass is 10.1. The monoisotopic (exact) mass is 447 g/mol. The number of hydrogen-bond acceptors (Lipinski definition) is 6. The maximum atomic E-state index is 12.5. The first-order valence-electron chi connectivity index (χ1n) is 10.6. The SMILES string of the molecule is Cc1c(C(=O)N=NC(=O)c2ccc3c(O)n(CC4CCCO4)c(O)c3c2)oc2ccccc12. The summed E-state index contributed by atoms with van der Waals surface area (Å²) in [6.07, 6.45) is 1.69. The van der Waals surface area contributed by atoms with Gasteiger partial charge in [0.05, 0.1) is 12.6 Å². The summed E-state index contributed by atoms with van der Waals surface area (Å²) >= 11 is 0. The molecule has 0 bridgehead atoms. The number of carbonyl (C=O) groups is 2. The molecule has 1 aliphatic rings. The summed E-state index contributed by atoms with van der Waals surface area (Å²) in [5.74, 6) is -1.77. The zero-order valence-electron chi connectivity index (χ0n) is 17.8. The summed E-state index contributed by atoms with van der Waals surface area (Å²) < 4.78 is 12.5. The van der Waals surface area contributed by atoms with Crippen LogP contribution in [0, 0.1) is 6.92 Å². The van der Waals surface area contributed by atoms with Crippen LogP contribution in [-0.4, -0.2) is 39.3 Å². The Balaban J connectivity index is 1.39. The first kappa shape index (κ1) is 20.9. The summed E-state index contributed by atoms with van der Waals surface area (Å²) in [5.41, 5.74) is 1.29. The molecule has 2 N–H and O–H groups in total. The van der Waals surface area contributed by atoms with Gasteiger partial charge in [0.25, 0.3) is 5.91 Å². The second-order valence-corrected chi connectivity index (χ2v) is 8.02. The van der Waals surface area contributed by atoms with Crippen molar-refractivity contribution in [3.63, 3.8) is 0 Å². The van der Waals surface area contributed by atoms with Crippen molar-refractivity contribution in [1.82, 2.24) is 4.57 Å². The van der Waals surface area contributed by atoms with Crippen LogP contribution in [0.1, 0.15) is 39.3 Å². The molecule has 9 heteroatoms. The van der Waals surface area contributed by atoms with Gasteiger partial charge in [-0.05, 0) is 44.0 Å². The van der Waals surface area contributed by atoms with Gasteiger partial charge in [-0.2, -0.15) is 0 Å². The van der Waals surface area contributed by atoms with Gasteiger partial charge >= 0.3 is 5.91 Å². The standard InChI is InChI=1S/C24H21N3O6/c1-13-16-6-2-3-7-19(16)33-20(13)22(29)26-25-21(28)14-8-9-17-18(11-14)24(31)27(23(17)30)12-15-5-4-10-32-15/h2-3,6-9,11,15,30-31H,4-5,10,12H2,1H3. The van der Waals surface area contributed by atoms with Crippen LogP contribution in [0.5, 0.6) is 11.8 Å². The van der Waals surface area contributed by atoms with E-state index in [0.717, 1.165) is 18.2 Å². The number of hydrogen-bond donors (Lipinski definition) is 2. The molecule has 1 saturated heterocycles. The van der Waals surface area contributed by atoms with E-state index in [9.17, 15) is 19.8 Å². The molecular formula is C24H21N3O6. The van der Waals surface area contributed by atoms with Crippen LogP contribution >= 0.6 is 0 Å². The lowest BCUT2D eigenvalue weighted by molar-refractivity contribution is 0.0930. The molecule has 5 rings (SSSR count). The molecule has 168 valence electrons. The Morgan fingerprint density at radius 2 is 1.79 bits per heavy atom. The molecule has 0 saturated carbocycles. The Morgan fingerprint density at radius 3 is 2.55 bits per heavy atom. The molecule has 0 radical (unpaired) electrons. The highest BCUT2D eigenvalue weighted by atomic mass is 16.5. The molecule has 9 nitrogen and oxygen atoms in total. The number of para-hydroxylation sites is 1. The molecule has 0 aliphatic carbocycles. The smallest absolute Gasteiger partial charge is 0.331 e. The minimum atomic E-state index is -0.763. The van der Waals surface area contributed by atoms with Gasteiger partial charge in [0.2, 0.25) is 11.8 Å². The Hall–Kier alpha value is -3.98. The number of aromatic hydroxyl groups is 2. The second kappa shape index (κ2) is 8.18. The van der Waals surface area contributed by atoms with Crippen LogP contribution in [0.3, 0.4) is 0 Å². The molecule has 2 amide bonds. The molecule has 1 atom stereocenters. The molecule has 2 aromatic carbocycles. The number of fused-ring (bicyclic) bond motifs is 2. The molecule has 3 heterocycles. The first-order chi connectivity index (χ1) is 15.9. The quantitative estimate of drug-likeness (QED) is 0.436. The number of rotatable bonds is 4. The van der Waals surface area contributed by atoms with Crippen LogP contribution in [0.4, 0.5) is 0 Å². The predicted molar refractivity (Wildman–Crippen MR) is 119 cm³/mol. The van der Waals surface area contributed by atoms with Crippen LogP contribution in [0.15, 0.2) is 57.1 Å². The Kier molecular flexibility index (Phi) is 5.18. The van der Waals surface area contributed by atoms with E-state index in [4.69, 9.17) is 9.15 Å². The largest absolute Gasteiger partial charge is 0.494 e. The number of aryl methyl sites for hydroxylation is 1. The van der Waals surface area contributed by atoms with E-state index in [1.807, 2.05) is 12.1 Å². The van der Waals surface area contributed by atoms with Crippen molar-refractivity contribution >= 4 is 33.6 Å².